The minimum atomic E-state index is -0.688. The molecule has 0 aliphatic rings. The first-order valence-electron chi connectivity index (χ1n) is 11.0. The lowest BCUT2D eigenvalue weighted by molar-refractivity contribution is -0.385. The van der Waals surface area contributed by atoms with Crippen LogP contribution in [0.2, 0.25) is 5.02 Å². The van der Waals surface area contributed by atoms with Crippen LogP contribution in [-0.4, -0.2) is 34.5 Å². The number of rotatable bonds is 7. The fourth-order valence-corrected chi connectivity index (χ4v) is 4.17. The molecule has 0 bridgehead atoms. The molecule has 11 nitrogen and oxygen atoms in total. The van der Waals surface area contributed by atoms with Crippen molar-refractivity contribution < 1.29 is 18.8 Å². The highest BCUT2D eigenvalue weighted by molar-refractivity contribution is 6.32. The Labute approximate surface area is 218 Å². The van der Waals surface area contributed by atoms with Gasteiger partial charge in [-0.3, -0.25) is 14.9 Å². The van der Waals surface area contributed by atoms with Gasteiger partial charge in [0.05, 0.1) is 39.6 Å². The van der Waals surface area contributed by atoms with Gasteiger partial charge in [-0.1, -0.05) is 29.8 Å². The van der Waals surface area contributed by atoms with Gasteiger partial charge in [0, 0.05) is 11.6 Å². The zero-order chi connectivity index (χ0) is 26.8. The lowest BCUT2D eigenvalue weighted by Gasteiger charge is -2.08. The van der Waals surface area contributed by atoms with Crippen LogP contribution < -0.4 is 15.0 Å². The number of nitriles is 1. The monoisotopic (exact) mass is 529 g/mol. The van der Waals surface area contributed by atoms with Crippen molar-refractivity contribution in [1.29, 1.82) is 5.26 Å². The van der Waals surface area contributed by atoms with Crippen molar-refractivity contribution in [1.82, 2.24) is 9.66 Å². The second kappa shape index (κ2) is 10.0. The Morgan fingerprint density at radius 1 is 1.21 bits per heavy atom. The number of benzene rings is 3. The minimum Gasteiger partial charge on any atom is -0.496 e. The van der Waals surface area contributed by atoms with Crippen molar-refractivity contribution in [3.05, 3.63) is 91.7 Å². The second-order valence-corrected chi connectivity index (χ2v) is 8.26. The Hall–Kier alpha value is -5.21. The van der Waals surface area contributed by atoms with Gasteiger partial charge in [-0.05, 0) is 36.4 Å². The second-order valence-electron chi connectivity index (χ2n) is 7.85. The summed E-state index contributed by atoms with van der Waals surface area (Å²) in [5.74, 6) is 0.708. The molecule has 0 fully saturated rings. The smallest absolute Gasteiger partial charge is 0.313 e. The Bertz CT molecular complexity index is 1850. The molecule has 2 heterocycles. The molecule has 0 aliphatic heterocycles. The van der Waals surface area contributed by atoms with Crippen LogP contribution in [0, 0.1) is 21.4 Å². The predicted octanol–water partition coefficient (Wildman–Crippen LogP) is 5.16. The number of aromatic nitrogens is 2. The van der Waals surface area contributed by atoms with Crippen LogP contribution in [-0.2, 0) is 0 Å². The van der Waals surface area contributed by atoms with Gasteiger partial charge >= 0.3 is 5.69 Å². The highest BCUT2D eigenvalue weighted by Crippen LogP contribution is 2.36. The standard InChI is InChI=1S/C26H16ClN5O6/c1-36-21-7-4-8-22-17(21)13-23(38-22)25-30-19-6-3-2-5-16(19)26(33)31(25)29-14-15-11-18(27)24(37-10-9-28)20(12-15)32(34)35/h2-8,11-14H,10H2,1H3. The molecular formula is C26H16ClN5O6. The molecule has 0 unspecified atom stereocenters. The third-order valence-electron chi connectivity index (χ3n) is 5.56. The van der Waals surface area contributed by atoms with Gasteiger partial charge in [-0.2, -0.15) is 15.0 Å². The van der Waals surface area contributed by atoms with Crippen LogP contribution in [0.25, 0.3) is 33.5 Å². The molecule has 0 radical (unpaired) electrons. The molecule has 38 heavy (non-hydrogen) atoms. The van der Waals surface area contributed by atoms with E-state index in [1.165, 1.54) is 25.5 Å². The fourth-order valence-electron chi connectivity index (χ4n) is 3.89. The topological polar surface area (TPSA) is 146 Å². The van der Waals surface area contributed by atoms with E-state index >= 15 is 0 Å². The lowest BCUT2D eigenvalue weighted by Crippen LogP contribution is -2.20. The van der Waals surface area contributed by atoms with Crippen molar-refractivity contribution in [2.24, 2.45) is 5.10 Å². The molecule has 5 rings (SSSR count). The average molecular weight is 530 g/mol. The van der Waals surface area contributed by atoms with Crippen LogP contribution in [0.5, 0.6) is 11.5 Å². The van der Waals surface area contributed by atoms with Crippen LogP contribution in [0.15, 0.2) is 75.0 Å². The molecule has 0 spiro atoms. The van der Waals surface area contributed by atoms with Crippen molar-refractivity contribution in [2.45, 2.75) is 0 Å². The molecule has 0 aliphatic carbocycles. The van der Waals surface area contributed by atoms with E-state index in [1.807, 2.05) is 0 Å². The van der Waals surface area contributed by atoms with Crippen molar-refractivity contribution in [3.8, 4) is 29.2 Å². The van der Waals surface area contributed by atoms with Gasteiger partial charge < -0.3 is 13.9 Å². The molecule has 3 aromatic carbocycles. The number of halogens is 1. The summed E-state index contributed by atoms with van der Waals surface area (Å²) in [7, 11) is 1.54. The fraction of sp³-hybridized carbons (Fsp3) is 0.0769. The number of para-hydroxylation sites is 1. The highest BCUT2D eigenvalue weighted by Gasteiger charge is 2.21. The van der Waals surface area contributed by atoms with E-state index in [0.717, 1.165) is 4.68 Å². The van der Waals surface area contributed by atoms with Gasteiger partial charge in [0.15, 0.2) is 12.4 Å². The summed E-state index contributed by atoms with van der Waals surface area (Å²) in [5.41, 5.74) is 0.228. The third-order valence-corrected chi connectivity index (χ3v) is 5.84. The number of nitro groups is 1. The van der Waals surface area contributed by atoms with Crippen LogP contribution >= 0.6 is 11.6 Å². The van der Waals surface area contributed by atoms with Gasteiger partial charge in [-0.25, -0.2) is 4.98 Å². The van der Waals surface area contributed by atoms with Crippen molar-refractivity contribution in [2.75, 3.05) is 13.7 Å². The number of nitrogens with zero attached hydrogens (tertiary/aromatic N) is 5. The quantitative estimate of drug-likeness (QED) is 0.159. The van der Waals surface area contributed by atoms with E-state index < -0.39 is 22.8 Å². The first kappa shape index (κ1) is 24.5. The Balaban J connectivity index is 1.68. The van der Waals surface area contributed by atoms with Crippen LogP contribution in [0.4, 0.5) is 5.69 Å². The molecule has 0 saturated heterocycles. The van der Waals surface area contributed by atoms with Crippen molar-refractivity contribution in [3.63, 3.8) is 0 Å². The van der Waals surface area contributed by atoms with Gasteiger partial charge in [-0.15, -0.1) is 0 Å². The summed E-state index contributed by atoms with van der Waals surface area (Å²) in [6, 6.07) is 18.1. The molecule has 0 atom stereocenters. The highest BCUT2D eigenvalue weighted by atomic mass is 35.5. The molecule has 2 aromatic heterocycles. The number of hydrogen-bond donors (Lipinski definition) is 0. The summed E-state index contributed by atoms with van der Waals surface area (Å²) in [4.78, 5) is 29.0. The van der Waals surface area contributed by atoms with Gasteiger partial charge in [0.2, 0.25) is 11.6 Å². The molecule has 0 N–H and O–H groups in total. The Morgan fingerprint density at radius 2 is 2.03 bits per heavy atom. The van der Waals surface area contributed by atoms with Gasteiger partial charge in [0.1, 0.15) is 17.4 Å². The van der Waals surface area contributed by atoms with Crippen LogP contribution in [0.1, 0.15) is 5.56 Å². The largest absolute Gasteiger partial charge is 0.496 e. The molecule has 12 heteroatoms. The molecular weight excluding hydrogens is 514 g/mol. The lowest BCUT2D eigenvalue weighted by atomic mass is 10.2. The number of methoxy groups -OCH3 is 1. The molecule has 188 valence electrons. The zero-order valence-corrected chi connectivity index (χ0v) is 20.4. The van der Waals surface area contributed by atoms with Gasteiger partial charge in [0.25, 0.3) is 5.56 Å². The summed E-state index contributed by atoms with van der Waals surface area (Å²) < 4.78 is 17.6. The molecule has 0 saturated carbocycles. The minimum absolute atomic E-state index is 0.0931. The Kier molecular flexibility index (Phi) is 6.47. The number of furan rings is 1. The Morgan fingerprint density at radius 3 is 2.79 bits per heavy atom. The first-order valence-corrected chi connectivity index (χ1v) is 11.4. The number of hydrogen-bond acceptors (Lipinski definition) is 9. The predicted molar refractivity (Wildman–Crippen MR) is 140 cm³/mol. The van der Waals surface area contributed by atoms with Crippen LogP contribution in [0.3, 0.4) is 0 Å². The maximum absolute atomic E-state index is 13.5. The molecule has 0 amide bonds. The number of nitro benzene ring substituents is 1. The summed E-state index contributed by atoms with van der Waals surface area (Å²) >= 11 is 6.20. The van der Waals surface area contributed by atoms with E-state index in [2.05, 4.69) is 10.1 Å². The summed E-state index contributed by atoms with van der Waals surface area (Å²) in [5, 5.41) is 25.5. The zero-order valence-electron chi connectivity index (χ0n) is 19.6. The van der Waals surface area contributed by atoms with E-state index in [1.54, 1.807) is 54.6 Å². The van der Waals surface area contributed by atoms with E-state index in [-0.39, 0.29) is 27.9 Å². The van der Waals surface area contributed by atoms with E-state index in [0.29, 0.717) is 27.6 Å². The summed E-state index contributed by atoms with van der Waals surface area (Å²) in [6.07, 6.45) is 1.23. The normalized spacial score (nSPS) is 11.2. The maximum Gasteiger partial charge on any atom is 0.313 e. The van der Waals surface area contributed by atoms with E-state index in [4.69, 9.17) is 30.8 Å². The number of fused-ring (bicyclic) bond motifs is 2. The van der Waals surface area contributed by atoms with Crippen molar-refractivity contribution >= 4 is 45.4 Å². The first-order chi connectivity index (χ1) is 18.4. The number of ether oxygens (including phenoxy) is 2. The SMILES string of the molecule is COc1cccc2oc(-c3nc4ccccc4c(=O)n3N=Cc3cc(Cl)c(OCC#N)c([N+](=O)[O-])c3)cc12. The maximum atomic E-state index is 13.5. The summed E-state index contributed by atoms with van der Waals surface area (Å²) in [6.45, 7) is -0.419. The molecule has 5 aromatic rings. The third kappa shape index (κ3) is 4.40. The van der Waals surface area contributed by atoms with E-state index in [9.17, 15) is 14.9 Å². The average Bonchev–Trinajstić information content (AvgIpc) is 3.36.